The lowest BCUT2D eigenvalue weighted by atomic mass is 10.3. The van der Waals surface area contributed by atoms with E-state index in [1.54, 1.807) is 21.0 Å². The van der Waals surface area contributed by atoms with Crippen molar-refractivity contribution in [3.05, 3.63) is 23.1 Å². The molecule has 1 amide bonds. The van der Waals surface area contributed by atoms with Crippen molar-refractivity contribution in [2.45, 2.75) is 6.92 Å². The van der Waals surface area contributed by atoms with Crippen LogP contribution in [0.2, 0.25) is 0 Å². The van der Waals surface area contributed by atoms with Crippen LogP contribution in [-0.4, -0.2) is 43.8 Å². The van der Waals surface area contributed by atoms with Crippen LogP contribution in [0.15, 0.2) is 6.07 Å². The van der Waals surface area contributed by atoms with Crippen LogP contribution in [0.5, 0.6) is 0 Å². The number of carbonyl (C=O) groups is 2. The summed E-state index contributed by atoms with van der Waals surface area (Å²) in [5, 5.41) is 14.1. The van der Waals surface area contributed by atoms with Gasteiger partial charge in [0.25, 0.3) is 5.91 Å². The summed E-state index contributed by atoms with van der Waals surface area (Å²) >= 11 is 0. The minimum atomic E-state index is -0.531. The maximum Gasteiger partial charge on any atom is 0.356 e. The van der Waals surface area contributed by atoms with Crippen LogP contribution in [0, 0.1) is 6.92 Å². The fourth-order valence-corrected chi connectivity index (χ4v) is 1.61. The first-order valence-corrected chi connectivity index (χ1v) is 5.74. The number of esters is 1. The molecule has 0 atom stereocenters. The molecule has 20 heavy (non-hydrogen) atoms. The van der Waals surface area contributed by atoms with E-state index in [9.17, 15) is 9.59 Å². The number of hydrogen-bond acceptors (Lipinski definition) is 6. The molecular formula is C11H14N6O3. The molecule has 2 aromatic rings. The molecule has 0 fully saturated rings. The largest absolute Gasteiger partial charge is 0.464 e. The summed E-state index contributed by atoms with van der Waals surface area (Å²) in [7, 11) is 4.54. The lowest BCUT2D eigenvalue weighted by Gasteiger charge is -1.99. The van der Waals surface area contributed by atoms with Gasteiger partial charge in [-0.1, -0.05) is 5.21 Å². The zero-order valence-corrected chi connectivity index (χ0v) is 11.5. The van der Waals surface area contributed by atoms with E-state index in [1.807, 2.05) is 0 Å². The summed E-state index contributed by atoms with van der Waals surface area (Å²) in [6, 6.07) is 1.43. The van der Waals surface area contributed by atoms with Gasteiger partial charge in [0, 0.05) is 20.2 Å². The van der Waals surface area contributed by atoms with Crippen molar-refractivity contribution >= 4 is 17.7 Å². The lowest BCUT2D eigenvalue weighted by Crippen LogP contribution is -2.14. The fourth-order valence-electron chi connectivity index (χ4n) is 1.61. The Morgan fingerprint density at radius 3 is 2.55 bits per heavy atom. The molecule has 0 saturated carbocycles. The molecule has 0 aliphatic carbocycles. The Bertz CT molecular complexity index is 672. The molecule has 2 heterocycles. The van der Waals surface area contributed by atoms with Crippen LogP contribution in [-0.2, 0) is 18.8 Å². The van der Waals surface area contributed by atoms with E-state index < -0.39 is 11.9 Å². The monoisotopic (exact) mass is 278 g/mol. The average Bonchev–Trinajstić information content (AvgIpc) is 2.93. The quantitative estimate of drug-likeness (QED) is 0.786. The smallest absolute Gasteiger partial charge is 0.356 e. The second-order valence-electron chi connectivity index (χ2n) is 4.13. The number of nitrogens with one attached hydrogen (secondary N) is 1. The zero-order chi connectivity index (χ0) is 14.9. The Hall–Kier alpha value is -2.71. The Labute approximate surface area is 114 Å². The van der Waals surface area contributed by atoms with Crippen molar-refractivity contribution < 1.29 is 14.3 Å². The van der Waals surface area contributed by atoms with Gasteiger partial charge in [-0.25, -0.2) is 4.79 Å². The van der Waals surface area contributed by atoms with E-state index in [0.717, 1.165) is 0 Å². The van der Waals surface area contributed by atoms with E-state index in [1.165, 1.54) is 22.5 Å². The molecule has 0 spiro atoms. The number of methoxy groups -OCH3 is 1. The van der Waals surface area contributed by atoms with Crippen molar-refractivity contribution in [1.29, 1.82) is 0 Å². The summed E-state index contributed by atoms with van der Waals surface area (Å²) in [6.07, 6.45) is 0. The maximum absolute atomic E-state index is 12.0. The number of hydrogen-bond donors (Lipinski definition) is 1. The van der Waals surface area contributed by atoms with Gasteiger partial charge in [0.2, 0.25) is 0 Å². The van der Waals surface area contributed by atoms with Gasteiger partial charge in [-0.3, -0.25) is 14.2 Å². The van der Waals surface area contributed by atoms with Gasteiger partial charge in [0.05, 0.1) is 12.8 Å². The molecule has 0 aliphatic heterocycles. The molecule has 9 nitrogen and oxygen atoms in total. The number of amides is 1. The molecule has 0 saturated heterocycles. The molecule has 0 aliphatic rings. The molecule has 2 aromatic heterocycles. The second kappa shape index (κ2) is 5.11. The first kappa shape index (κ1) is 13.7. The highest BCUT2D eigenvalue weighted by Gasteiger charge is 2.18. The van der Waals surface area contributed by atoms with Gasteiger partial charge in [-0.05, 0) is 6.92 Å². The van der Waals surface area contributed by atoms with Crippen LogP contribution in [0.25, 0.3) is 0 Å². The third-order valence-corrected chi connectivity index (χ3v) is 2.84. The summed E-state index contributed by atoms with van der Waals surface area (Å²) in [6.45, 7) is 1.73. The standard InChI is InChI=1S/C11H14N6O3/c1-6-9(13-15-16(6)2)10(18)12-8-5-7(11(19)20-4)17(3)14-8/h5H,1-4H3,(H,12,14,18). The van der Waals surface area contributed by atoms with Gasteiger partial charge in [0.15, 0.2) is 11.5 Å². The molecule has 106 valence electrons. The number of nitrogens with zero attached hydrogens (tertiary/aromatic N) is 5. The number of aromatic nitrogens is 5. The van der Waals surface area contributed by atoms with Gasteiger partial charge in [0.1, 0.15) is 5.69 Å². The van der Waals surface area contributed by atoms with E-state index in [4.69, 9.17) is 0 Å². The summed E-state index contributed by atoms with van der Waals surface area (Å²) in [5.74, 6) is -0.732. The van der Waals surface area contributed by atoms with E-state index in [2.05, 4.69) is 25.5 Å². The Kier molecular flexibility index (Phi) is 3.51. The SMILES string of the molecule is COC(=O)c1cc(NC(=O)c2nnn(C)c2C)nn1C. The number of rotatable bonds is 3. The first-order chi connectivity index (χ1) is 9.43. The predicted octanol–water partition coefficient (Wildman–Crippen LogP) is -0.104. The van der Waals surface area contributed by atoms with Crippen molar-refractivity contribution in [1.82, 2.24) is 24.8 Å². The van der Waals surface area contributed by atoms with Gasteiger partial charge in [-0.2, -0.15) is 5.10 Å². The highest BCUT2D eigenvalue weighted by atomic mass is 16.5. The topological polar surface area (TPSA) is 104 Å². The van der Waals surface area contributed by atoms with Crippen molar-refractivity contribution in [3.63, 3.8) is 0 Å². The molecule has 0 aromatic carbocycles. The molecule has 0 bridgehead atoms. The minimum Gasteiger partial charge on any atom is -0.464 e. The highest BCUT2D eigenvalue weighted by Crippen LogP contribution is 2.11. The number of carbonyl (C=O) groups excluding carboxylic acids is 2. The number of aryl methyl sites for hydroxylation is 2. The lowest BCUT2D eigenvalue weighted by molar-refractivity contribution is 0.0588. The fraction of sp³-hybridized carbons (Fsp3) is 0.364. The van der Waals surface area contributed by atoms with Crippen LogP contribution in [0.1, 0.15) is 26.7 Å². The molecule has 2 rings (SSSR count). The Morgan fingerprint density at radius 1 is 1.30 bits per heavy atom. The molecule has 0 unspecified atom stereocenters. The molecule has 1 N–H and O–H groups in total. The molecule has 0 radical (unpaired) electrons. The predicted molar refractivity (Wildman–Crippen MR) is 68.2 cm³/mol. The average molecular weight is 278 g/mol. The zero-order valence-electron chi connectivity index (χ0n) is 11.5. The van der Waals surface area contributed by atoms with Crippen LogP contribution in [0.4, 0.5) is 5.82 Å². The van der Waals surface area contributed by atoms with Crippen molar-refractivity contribution in [2.75, 3.05) is 12.4 Å². The normalized spacial score (nSPS) is 10.4. The van der Waals surface area contributed by atoms with Crippen LogP contribution < -0.4 is 5.32 Å². The Morgan fingerprint density at radius 2 is 2.00 bits per heavy atom. The van der Waals surface area contributed by atoms with Gasteiger partial charge in [-0.15, -0.1) is 5.10 Å². The molecule has 9 heteroatoms. The highest BCUT2D eigenvalue weighted by molar-refractivity contribution is 6.03. The Balaban J connectivity index is 2.20. The summed E-state index contributed by atoms with van der Waals surface area (Å²) < 4.78 is 7.42. The van der Waals surface area contributed by atoms with Crippen LogP contribution >= 0.6 is 0 Å². The summed E-state index contributed by atoms with van der Waals surface area (Å²) in [5.41, 5.74) is 1.07. The van der Waals surface area contributed by atoms with E-state index in [0.29, 0.717) is 5.69 Å². The third-order valence-electron chi connectivity index (χ3n) is 2.84. The minimum absolute atomic E-state index is 0.206. The number of anilines is 1. The second-order valence-corrected chi connectivity index (χ2v) is 4.13. The van der Waals surface area contributed by atoms with Crippen molar-refractivity contribution in [2.24, 2.45) is 14.1 Å². The summed E-state index contributed by atoms with van der Waals surface area (Å²) in [4.78, 5) is 23.5. The van der Waals surface area contributed by atoms with Crippen molar-refractivity contribution in [3.8, 4) is 0 Å². The number of ether oxygens (including phenoxy) is 1. The molecular weight excluding hydrogens is 264 g/mol. The third kappa shape index (κ3) is 2.37. The first-order valence-electron chi connectivity index (χ1n) is 5.74. The van der Waals surface area contributed by atoms with Gasteiger partial charge < -0.3 is 10.1 Å². The van der Waals surface area contributed by atoms with E-state index >= 15 is 0 Å². The maximum atomic E-state index is 12.0. The van der Waals surface area contributed by atoms with Crippen LogP contribution in [0.3, 0.4) is 0 Å². The van der Waals surface area contributed by atoms with Gasteiger partial charge >= 0.3 is 5.97 Å². The van der Waals surface area contributed by atoms with E-state index in [-0.39, 0.29) is 17.2 Å².